The molecule has 1 aliphatic carbocycles. The number of aryl methyl sites for hydroxylation is 1. The first-order valence-electron chi connectivity index (χ1n) is 6.09. The van der Waals surface area contributed by atoms with Gasteiger partial charge in [-0.3, -0.25) is 0 Å². The van der Waals surface area contributed by atoms with E-state index in [-0.39, 0.29) is 0 Å². The Morgan fingerprint density at radius 2 is 2.44 bits per heavy atom. The molecule has 0 amide bonds. The second kappa shape index (κ2) is 5.60. The third-order valence-corrected chi connectivity index (χ3v) is 3.90. The number of hydrogen-bond donors (Lipinski definition) is 1. The first-order valence-corrected chi connectivity index (χ1v) is 6.97. The zero-order valence-corrected chi connectivity index (χ0v) is 10.9. The zero-order chi connectivity index (χ0) is 11.4. The third-order valence-electron chi connectivity index (χ3n) is 3.11. The van der Waals surface area contributed by atoms with Gasteiger partial charge < -0.3 is 5.32 Å². The van der Waals surface area contributed by atoms with E-state index in [4.69, 9.17) is 0 Å². The van der Waals surface area contributed by atoms with Gasteiger partial charge in [-0.15, -0.1) is 11.3 Å². The Bertz CT molecular complexity index is 368. The largest absolute Gasteiger partial charge is 0.309 e. The van der Waals surface area contributed by atoms with Crippen molar-refractivity contribution >= 4 is 11.3 Å². The summed E-state index contributed by atoms with van der Waals surface area (Å²) in [5.74, 6) is 0. The average Bonchev–Trinajstić information content (AvgIpc) is 2.89. The zero-order valence-electron chi connectivity index (χ0n) is 10.1. The Morgan fingerprint density at radius 1 is 1.56 bits per heavy atom. The van der Waals surface area contributed by atoms with Crippen LogP contribution in [0.15, 0.2) is 17.0 Å². The minimum absolute atomic E-state index is 0.381. The van der Waals surface area contributed by atoms with Gasteiger partial charge in [0.05, 0.1) is 10.7 Å². The van der Waals surface area contributed by atoms with Gasteiger partial charge in [-0.1, -0.05) is 11.6 Å². The number of rotatable bonds is 5. The molecule has 1 unspecified atom stereocenters. The van der Waals surface area contributed by atoms with Crippen LogP contribution in [-0.2, 0) is 0 Å². The standard InChI is InChI=1S/C13H20N2S/c1-10(13-9-16-11(2)15-13)14-8-7-12-5-3-4-6-12/h5,9-10,14H,3-4,6-8H2,1-2H3. The predicted octanol–water partition coefficient (Wildman–Crippen LogP) is 3.60. The number of nitrogens with one attached hydrogen (secondary N) is 1. The highest BCUT2D eigenvalue weighted by Crippen LogP contribution is 2.20. The van der Waals surface area contributed by atoms with Crippen LogP contribution < -0.4 is 5.32 Å². The van der Waals surface area contributed by atoms with E-state index in [9.17, 15) is 0 Å². The van der Waals surface area contributed by atoms with Gasteiger partial charge in [-0.25, -0.2) is 4.98 Å². The molecule has 1 aromatic heterocycles. The number of hydrogen-bond acceptors (Lipinski definition) is 3. The average molecular weight is 236 g/mol. The molecule has 1 aromatic rings. The Labute approximate surface area is 102 Å². The number of aromatic nitrogens is 1. The van der Waals surface area contributed by atoms with E-state index in [1.165, 1.54) is 31.4 Å². The number of nitrogens with zero attached hydrogens (tertiary/aromatic N) is 1. The Hall–Kier alpha value is -0.670. The summed E-state index contributed by atoms with van der Waals surface area (Å²) < 4.78 is 0. The van der Waals surface area contributed by atoms with E-state index >= 15 is 0 Å². The van der Waals surface area contributed by atoms with E-state index in [1.807, 2.05) is 0 Å². The summed E-state index contributed by atoms with van der Waals surface area (Å²) >= 11 is 1.73. The van der Waals surface area contributed by atoms with Gasteiger partial charge in [0, 0.05) is 11.4 Å². The highest BCUT2D eigenvalue weighted by atomic mass is 32.1. The SMILES string of the molecule is Cc1nc(C(C)NCCC2=CCCC2)cs1. The van der Waals surface area contributed by atoms with Gasteiger partial charge >= 0.3 is 0 Å². The molecule has 1 atom stereocenters. The van der Waals surface area contributed by atoms with Crippen molar-refractivity contribution in [3.63, 3.8) is 0 Å². The molecular formula is C13H20N2S. The van der Waals surface area contributed by atoms with Crippen LogP contribution in [0.1, 0.15) is 49.4 Å². The maximum atomic E-state index is 4.50. The maximum absolute atomic E-state index is 4.50. The van der Waals surface area contributed by atoms with Gasteiger partial charge in [-0.05, 0) is 46.1 Å². The molecule has 2 nitrogen and oxygen atoms in total. The lowest BCUT2D eigenvalue weighted by Gasteiger charge is -2.11. The van der Waals surface area contributed by atoms with Gasteiger partial charge in [0.15, 0.2) is 0 Å². The minimum Gasteiger partial charge on any atom is -0.309 e. The van der Waals surface area contributed by atoms with Crippen LogP contribution in [0.3, 0.4) is 0 Å². The number of allylic oxidation sites excluding steroid dienone is 1. The quantitative estimate of drug-likeness (QED) is 0.790. The summed E-state index contributed by atoms with van der Waals surface area (Å²) in [6, 6.07) is 0.381. The fraction of sp³-hybridized carbons (Fsp3) is 0.615. The van der Waals surface area contributed by atoms with Crippen molar-refractivity contribution in [1.29, 1.82) is 0 Å². The summed E-state index contributed by atoms with van der Waals surface area (Å²) in [7, 11) is 0. The lowest BCUT2D eigenvalue weighted by atomic mass is 10.1. The molecule has 16 heavy (non-hydrogen) atoms. The molecule has 1 N–H and O–H groups in total. The fourth-order valence-corrected chi connectivity index (χ4v) is 2.80. The topological polar surface area (TPSA) is 24.9 Å². The van der Waals surface area contributed by atoms with Crippen LogP contribution in [0, 0.1) is 6.92 Å². The van der Waals surface area contributed by atoms with Gasteiger partial charge in [0.25, 0.3) is 0 Å². The van der Waals surface area contributed by atoms with Crippen LogP contribution in [0.25, 0.3) is 0 Å². The molecule has 0 saturated carbocycles. The molecule has 1 heterocycles. The first-order chi connectivity index (χ1) is 7.75. The van der Waals surface area contributed by atoms with Crippen molar-refractivity contribution < 1.29 is 0 Å². The van der Waals surface area contributed by atoms with Gasteiger partial charge in [0.2, 0.25) is 0 Å². The Balaban J connectivity index is 1.73. The van der Waals surface area contributed by atoms with Crippen molar-refractivity contribution in [2.45, 2.75) is 45.6 Å². The minimum atomic E-state index is 0.381. The summed E-state index contributed by atoms with van der Waals surface area (Å²) in [4.78, 5) is 4.50. The molecule has 0 spiro atoms. The number of thiazole rings is 1. The monoisotopic (exact) mass is 236 g/mol. The molecule has 88 valence electrons. The van der Waals surface area contributed by atoms with E-state index in [1.54, 1.807) is 16.9 Å². The summed E-state index contributed by atoms with van der Waals surface area (Å²) in [5.41, 5.74) is 2.82. The molecule has 0 saturated heterocycles. The van der Waals surface area contributed by atoms with Crippen molar-refractivity contribution in [2.75, 3.05) is 6.54 Å². The van der Waals surface area contributed by atoms with Crippen LogP contribution >= 0.6 is 11.3 Å². The molecule has 2 rings (SSSR count). The van der Waals surface area contributed by atoms with E-state index < -0.39 is 0 Å². The molecule has 0 fully saturated rings. The molecule has 0 aromatic carbocycles. The predicted molar refractivity (Wildman–Crippen MR) is 69.8 cm³/mol. The van der Waals surface area contributed by atoms with E-state index in [0.717, 1.165) is 11.6 Å². The second-order valence-electron chi connectivity index (χ2n) is 4.47. The molecule has 0 aliphatic heterocycles. The van der Waals surface area contributed by atoms with Crippen molar-refractivity contribution in [2.24, 2.45) is 0 Å². The fourth-order valence-electron chi connectivity index (χ4n) is 2.10. The first kappa shape index (κ1) is 11.8. The van der Waals surface area contributed by atoms with Crippen LogP contribution in [0.2, 0.25) is 0 Å². The summed E-state index contributed by atoms with van der Waals surface area (Å²) in [6.45, 7) is 5.32. The summed E-state index contributed by atoms with van der Waals surface area (Å²) in [5, 5.41) is 6.85. The highest BCUT2D eigenvalue weighted by molar-refractivity contribution is 7.09. The van der Waals surface area contributed by atoms with Crippen LogP contribution in [0.4, 0.5) is 0 Å². The second-order valence-corrected chi connectivity index (χ2v) is 5.53. The van der Waals surface area contributed by atoms with Crippen LogP contribution in [0.5, 0.6) is 0 Å². The lowest BCUT2D eigenvalue weighted by Crippen LogP contribution is -2.20. The highest BCUT2D eigenvalue weighted by Gasteiger charge is 2.09. The lowest BCUT2D eigenvalue weighted by molar-refractivity contribution is 0.562. The van der Waals surface area contributed by atoms with Crippen LogP contribution in [-0.4, -0.2) is 11.5 Å². The Kier molecular flexibility index (Phi) is 4.13. The normalized spacial score (nSPS) is 17.5. The smallest absolute Gasteiger partial charge is 0.0898 e. The van der Waals surface area contributed by atoms with Crippen molar-refractivity contribution in [3.8, 4) is 0 Å². The molecule has 3 heteroatoms. The molecular weight excluding hydrogens is 216 g/mol. The molecule has 0 bridgehead atoms. The van der Waals surface area contributed by atoms with E-state index in [2.05, 4.69) is 35.6 Å². The van der Waals surface area contributed by atoms with Crippen molar-refractivity contribution in [3.05, 3.63) is 27.7 Å². The van der Waals surface area contributed by atoms with E-state index in [0.29, 0.717) is 6.04 Å². The van der Waals surface area contributed by atoms with Crippen molar-refractivity contribution in [1.82, 2.24) is 10.3 Å². The molecule has 0 radical (unpaired) electrons. The summed E-state index contributed by atoms with van der Waals surface area (Å²) in [6.07, 6.45) is 7.56. The van der Waals surface area contributed by atoms with Gasteiger partial charge in [0.1, 0.15) is 0 Å². The third kappa shape index (κ3) is 3.16. The van der Waals surface area contributed by atoms with Gasteiger partial charge in [-0.2, -0.15) is 0 Å². The maximum Gasteiger partial charge on any atom is 0.0898 e. The molecule has 1 aliphatic rings. The Morgan fingerprint density at radius 3 is 3.06 bits per heavy atom.